The summed E-state index contributed by atoms with van der Waals surface area (Å²) in [4.78, 5) is 27.4. The molecule has 3 N–H and O–H groups in total. The molecule has 0 aromatic heterocycles. The molecule has 4 fully saturated rings. The normalized spacial score (nSPS) is 38.5. The van der Waals surface area contributed by atoms with Crippen LogP contribution in [0.2, 0.25) is 0 Å². The van der Waals surface area contributed by atoms with Crippen LogP contribution in [-0.4, -0.2) is 94.2 Å². The molecule has 2 atom stereocenters. The van der Waals surface area contributed by atoms with Gasteiger partial charge in [0.05, 0.1) is 26.2 Å². The number of quaternary nitrogens is 1. The van der Waals surface area contributed by atoms with Crippen molar-refractivity contribution in [3.05, 3.63) is 23.4 Å². The van der Waals surface area contributed by atoms with E-state index in [0.29, 0.717) is 5.75 Å². The molecule has 0 aromatic carbocycles. The Hall–Kier alpha value is -1.35. The summed E-state index contributed by atoms with van der Waals surface area (Å²) in [5.41, 5.74) is 6.61. The molecule has 5 aliphatic rings. The zero-order valence-electron chi connectivity index (χ0n) is 13.6. The lowest BCUT2D eigenvalue weighted by atomic mass is 10.0. The molecule has 24 heavy (non-hydrogen) atoms. The monoisotopic (exact) mass is 351 g/mol. The maximum absolute atomic E-state index is 11.9. The van der Waals surface area contributed by atoms with Gasteiger partial charge in [0, 0.05) is 25.4 Å². The fourth-order valence-corrected chi connectivity index (χ4v) is 5.36. The fourth-order valence-electron chi connectivity index (χ4n) is 4.09. The summed E-state index contributed by atoms with van der Waals surface area (Å²) in [5, 5.41) is 9.32. The van der Waals surface area contributed by atoms with Crippen molar-refractivity contribution in [3.8, 4) is 0 Å². The molecular formula is C16H23N4O3S+. The number of hydrogen-bond acceptors (Lipinski definition) is 5. The Morgan fingerprint density at radius 1 is 1.33 bits per heavy atom. The van der Waals surface area contributed by atoms with E-state index >= 15 is 0 Å². The number of nitrogens with zero attached hydrogens (tertiary/aromatic N) is 3. The Labute approximate surface area is 145 Å². The topological polar surface area (TPSA) is 86.9 Å². The first-order chi connectivity index (χ1) is 11.5. The van der Waals surface area contributed by atoms with Crippen LogP contribution in [-0.2, 0) is 9.59 Å². The van der Waals surface area contributed by atoms with Gasteiger partial charge in [-0.25, -0.2) is 4.79 Å². The second-order valence-corrected chi connectivity index (χ2v) is 8.16. The minimum absolute atomic E-state index is 0.116. The van der Waals surface area contributed by atoms with E-state index in [2.05, 4.69) is 11.0 Å². The van der Waals surface area contributed by atoms with Crippen LogP contribution >= 0.6 is 11.8 Å². The van der Waals surface area contributed by atoms with Gasteiger partial charge in [0.15, 0.2) is 0 Å². The molecule has 0 spiro atoms. The number of β-lactam (4-membered cyclic amide) rings is 1. The Morgan fingerprint density at radius 3 is 2.62 bits per heavy atom. The van der Waals surface area contributed by atoms with E-state index in [1.54, 1.807) is 11.8 Å². The fraction of sp³-hybridized carbons (Fsp3) is 0.625. The third-order valence-electron chi connectivity index (χ3n) is 5.72. The van der Waals surface area contributed by atoms with Gasteiger partial charge in [-0.15, -0.1) is 11.8 Å². The summed E-state index contributed by atoms with van der Waals surface area (Å²) in [7, 11) is 0. The maximum Gasteiger partial charge on any atom is 0.352 e. The molecule has 0 saturated carbocycles. The molecule has 130 valence electrons. The lowest BCUT2D eigenvalue weighted by molar-refractivity contribution is -0.935. The highest BCUT2D eigenvalue weighted by Gasteiger charge is 2.51. The van der Waals surface area contributed by atoms with E-state index in [1.807, 2.05) is 6.08 Å². The Morgan fingerprint density at radius 2 is 2.00 bits per heavy atom. The number of thioether (sulfide) groups is 1. The minimum Gasteiger partial charge on any atom is -0.477 e. The van der Waals surface area contributed by atoms with E-state index in [1.165, 1.54) is 24.5 Å². The van der Waals surface area contributed by atoms with Crippen molar-refractivity contribution in [1.82, 2.24) is 9.80 Å². The number of amides is 1. The molecule has 1 amide bonds. The SMILES string of the molecule is N[C@@H]1C(=O)N2C(C(=O)O)=C(/C=C/C[N+]34CCN(CC3)CC4)CS[C@H]12. The average molecular weight is 351 g/mol. The van der Waals surface area contributed by atoms with Crippen LogP contribution in [0.25, 0.3) is 0 Å². The Balaban J connectivity index is 1.51. The Bertz CT molecular complexity index is 625. The summed E-state index contributed by atoms with van der Waals surface area (Å²) in [6.45, 7) is 7.94. The lowest BCUT2D eigenvalue weighted by Gasteiger charge is -2.50. The van der Waals surface area contributed by atoms with Crippen LogP contribution in [0.3, 0.4) is 0 Å². The van der Waals surface area contributed by atoms with E-state index in [0.717, 1.165) is 36.2 Å². The van der Waals surface area contributed by atoms with Crippen molar-refractivity contribution in [2.45, 2.75) is 11.4 Å². The largest absolute Gasteiger partial charge is 0.477 e. The number of fused-ring (bicyclic) bond motifs is 4. The summed E-state index contributed by atoms with van der Waals surface area (Å²) in [6.07, 6.45) is 4.02. The Kier molecular flexibility index (Phi) is 3.95. The highest BCUT2D eigenvalue weighted by atomic mass is 32.2. The van der Waals surface area contributed by atoms with Crippen molar-refractivity contribution < 1.29 is 19.2 Å². The first-order valence-electron chi connectivity index (χ1n) is 8.41. The van der Waals surface area contributed by atoms with Crippen molar-refractivity contribution in [1.29, 1.82) is 0 Å². The molecular weight excluding hydrogens is 328 g/mol. The number of carboxylic acid groups (broad SMARTS) is 1. The molecule has 0 radical (unpaired) electrons. The lowest BCUT2D eigenvalue weighted by Crippen LogP contribution is -2.68. The molecule has 5 aliphatic heterocycles. The first-order valence-corrected chi connectivity index (χ1v) is 9.46. The predicted molar refractivity (Wildman–Crippen MR) is 91.0 cm³/mol. The summed E-state index contributed by atoms with van der Waals surface area (Å²) >= 11 is 1.55. The highest BCUT2D eigenvalue weighted by molar-refractivity contribution is 8.00. The van der Waals surface area contributed by atoms with Crippen LogP contribution in [0.4, 0.5) is 0 Å². The van der Waals surface area contributed by atoms with Crippen LogP contribution in [0, 0.1) is 0 Å². The molecule has 8 heteroatoms. The van der Waals surface area contributed by atoms with Gasteiger partial charge in [-0.05, 0) is 11.6 Å². The molecule has 5 heterocycles. The number of carboxylic acids is 1. The summed E-state index contributed by atoms with van der Waals surface area (Å²) < 4.78 is 1.10. The molecule has 7 nitrogen and oxygen atoms in total. The molecule has 5 rings (SSSR count). The number of piperazine rings is 3. The van der Waals surface area contributed by atoms with Crippen LogP contribution < -0.4 is 5.73 Å². The van der Waals surface area contributed by atoms with Gasteiger partial charge in [-0.2, -0.15) is 0 Å². The number of hydrogen-bond donors (Lipinski definition) is 2. The molecule has 4 saturated heterocycles. The van der Waals surface area contributed by atoms with Gasteiger partial charge in [0.25, 0.3) is 0 Å². The van der Waals surface area contributed by atoms with Gasteiger partial charge in [-0.3, -0.25) is 14.6 Å². The number of nitrogens with two attached hydrogens (primary N) is 1. The zero-order chi connectivity index (χ0) is 16.9. The van der Waals surface area contributed by atoms with Gasteiger partial charge < -0.3 is 15.3 Å². The third kappa shape index (κ3) is 2.48. The highest BCUT2D eigenvalue weighted by Crippen LogP contribution is 2.39. The maximum atomic E-state index is 11.9. The van der Waals surface area contributed by atoms with Crippen LogP contribution in [0.15, 0.2) is 23.4 Å². The summed E-state index contributed by atoms with van der Waals surface area (Å²) in [5.74, 6) is -0.739. The number of rotatable bonds is 4. The molecule has 0 aromatic rings. The number of allylic oxidation sites excluding steroid dienone is 1. The second-order valence-electron chi connectivity index (χ2n) is 7.05. The minimum atomic E-state index is -1.04. The second kappa shape index (κ2) is 5.87. The van der Waals surface area contributed by atoms with Gasteiger partial charge in [-0.1, -0.05) is 6.08 Å². The van der Waals surface area contributed by atoms with Crippen molar-refractivity contribution in [2.24, 2.45) is 5.73 Å². The van der Waals surface area contributed by atoms with Gasteiger partial charge in [0.2, 0.25) is 5.91 Å². The van der Waals surface area contributed by atoms with Crippen LogP contribution in [0.5, 0.6) is 0 Å². The quantitative estimate of drug-likeness (QED) is 0.513. The van der Waals surface area contributed by atoms with Gasteiger partial charge >= 0.3 is 5.97 Å². The smallest absolute Gasteiger partial charge is 0.352 e. The molecule has 2 bridgehead atoms. The predicted octanol–water partition coefficient (Wildman–Crippen LogP) is -0.730. The zero-order valence-corrected chi connectivity index (χ0v) is 14.4. The molecule has 0 aliphatic carbocycles. The average Bonchev–Trinajstić information content (AvgIpc) is 2.61. The number of carbonyl (C=O) groups excluding carboxylic acids is 1. The first kappa shape index (κ1) is 16.1. The van der Waals surface area contributed by atoms with Gasteiger partial charge in [0.1, 0.15) is 17.1 Å². The van der Waals surface area contributed by atoms with Crippen molar-refractivity contribution in [3.63, 3.8) is 0 Å². The standard InChI is InChI=1S/C16H22N4O3S/c17-12-14(21)19-13(16(22)23)11(10-24-15(12)19)2-1-6-20-7-3-18(4-8-20)5-9-20/h1-2,12,15H,3-10,17H2/p+1/b2-1+/t12-,15-/m1/s1. The van der Waals surface area contributed by atoms with Crippen molar-refractivity contribution >= 4 is 23.6 Å². The number of aliphatic carboxylic acids is 1. The molecule has 0 unspecified atom stereocenters. The van der Waals surface area contributed by atoms with Crippen LogP contribution in [0.1, 0.15) is 0 Å². The van der Waals surface area contributed by atoms with Crippen molar-refractivity contribution in [2.75, 3.05) is 51.6 Å². The number of carbonyl (C=O) groups is 2. The van der Waals surface area contributed by atoms with E-state index < -0.39 is 12.0 Å². The van der Waals surface area contributed by atoms with E-state index in [9.17, 15) is 14.7 Å². The summed E-state index contributed by atoms with van der Waals surface area (Å²) in [6, 6.07) is -0.571. The third-order valence-corrected chi connectivity index (χ3v) is 7.05. The van der Waals surface area contributed by atoms with E-state index in [-0.39, 0.29) is 17.0 Å². The van der Waals surface area contributed by atoms with E-state index in [4.69, 9.17) is 5.73 Å².